The molecule has 3 aromatic rings. The molecule has 2 fully saturated rings. The van der Waals surface area contributed by atoms with Crippen molar-refractivity contribution in [3.8, 4) is 0 Å². The van der Waals surface area contributed by atoms with Crippen LogP contribution in [0.1, 0.15) is 37.9 Å². The average Bonchev–Trinajstić information content (AvgIpc) is 3.58. The summed E-state index contributed by atoms with van der Waals surface area (Å²) in [6.07, 6.45) is 5.21. The molecule has 0 unspecified atom stereocenters. The van der Waals surface area contributed by atoms with Crippen molar-refractivity contribution >= 4 is 33.1 Å². The molecule has 1 saturated carbocycles. The fraction of sp³-hybridized carbons (Fsp3) is 0.571. The minimum atomic E-state index is -0.660. The molecular formula is C21H26BrN9O3. The minimum absolute atomic E-state index is 0.00990. The number of nitrogens with zero attached hydrogens (tertiary/aromatic N) is 9. The third-order valence-electron chi connectivity index (χ3n) is 6.38. The zero-order valence-electron chi connectivity index (χ0n) is 18.9. The molecule has 1 aliphatic carbocycles. The Labute approximate surface area is 203 Å². The number of likely N-dealkylation sites (N-methyl/N-ethyl adjacent to an activating group) is 1. The van der Waals surface area contributed by atoms with Gasteiger partial charge in [0, 0.05) is 38.6 Å². The fourth-order valence-corrected chi connectivity index (χ4v) is 4.57. The standard InChI is InChI=1S/C21H26BrN9O3/c1-2-27-7-9-28(10-8-27)17(32)5-6-29-12-14(25-26-29)13-30-18-19(24-16(22)11-23-18)31(15-3-4-15)21(34)20(30)33/h11-12,15H,2-10,13H2,1H3. The van der Waals surface area contributed by atoms with Gasteiger partial charge in [-0.15, -0.1) is 5.10 Å². The molecule has 0 N–H and O–H groups in total. The van der Waals surface area contributed by atoms with E-state index in [2.05, 4.69) is 48.0 Å². The Hall–Kier alpha value is -2.93. The second-order valence-electron chi connectivity index (χ2n) is 8.68. The van der Waals surface area contributed by atoms with E-state index in [9.17, 15) is 14.4 Å². The van der Waals surface area contributed by atoms with E-state index in [1.54, 1.807) is 10.9 Å². The first kappa shape index (κ1) is 22.8. The van der Waals surface area contributed by atoms with E-state index in [1.165, 1.54) is 15.3 Å². The molecule has 12 nitrogen and oxygen atoms in total. The van der Waals surface area contributed by atoms with Gasteiger partial charge in [-0.2, -0.15) is 0 Å². The molecule has 0 radical (unpaired) electrons. The normalized spacial score (nSPS) is 16.9. The van der Waals surface area contributed by atoms with Gasteiger partial charge in [0.2, 0.25) is 5.91 Å². The predicted molar refractivity (Wildman–Crippen MR) is 126 cm³/mol. The number of aryl methyl sites for hydroxylation is 1. The van der Waals surface area contributed by atoms with Gasteiger partial charge >= 0.3 is 11.1 Å². The van der Waals surface area contributed by atoms with Crippen LogP contribution in [-0.2, 0) is 17.9 Å². The van der Waals surface area contributed by atoms with Crippen molar-refractivity contribution in [2.75, 3.05) is 32.7 Å². The van der Waals surface area contributed by atoms with E-state index < -0.39 is 11.1 Å². The molecule has 1 aliphatic heterocycles. The first-order valence-electron chi connectivity index (χ1n) is 11.5. The highest BCUT2D eigenvalue weighted by molar-refractivity contribution is 9.10. The van der Waals surface area contributed by atoms with Gasteiger partial charge in [0.15, 0.2) is 11.3 Å². The highest BCUT2D eigenvalue weighted by Crippen LogP contribution is 2.34. The van der Waals surface area contributed by atoms with Crippen molar-refractivity contribution < 1.29 is 4.79 Å². The summed E-state index contributed by atoms with van der Waals surface area (Å²) in [5, 5.41) is 8.25. The Morgan fingerprint density at radius 2 is 1.88 bits per heavy atom. The summed E-state index contributed by atoms with van der Waals surface area (Å²) in [6.45, 7) is 6.85. The van der Waals surface area contributed by atoms with E-state index in [-0.39, 0.29) is 18.5 Å². The largest absolute Gasteiger partial charge is 0.340 e. The van der Waals surface area contributed by atoms with Crippen molar-refractivity contribution in [1.29, 1.82) is 0 Å². The number of hydrogen-bond donors (Lipinski definition) is 0. The molecule has 13 heteroatoms. The third-order valence-corrected chi connectivity index (χ3v) is 6.76. The van der Waals surface area contributed by atoms with Crippen LogP contribution in [0.2, 0.25) is 0 Å². The van der Waals surface area contributed by atoms with Crippen molar-refractivity contribution in [3.63, 3.8) is 0 Å². The predicted octanol–water partition coefficient (Wildman–Crippen LogP) is 0.245. The van der Waals surface area contributed by atoms with Gasteiger partial charge in [0.25, 0.3) is 0 Å². The summed E-state index contributed by atoms with van der Waals surface area (Å²) in [7, 11) is 0. The highest BCUT2D eigenvalue weighted by atomic mass is 79.9. The molecule has 0 aromatic carbocycles. The summed E-state index contributed by atoms with van der Waals surface area (Å²) in [5.74, 6) is 0.0968. The summed E-state index contributed by atoms with van der Waals surface area (Å²) in [4.78, 5) is 51.3. The van der Waals surface area contributed by atoms with Gasteiger partial charge in [-0.05, 0) is 35.3 Å². The van der Waals surface area contributed by atoms with Crippen molar-refractivity contribution in [3.05, 3.63) is 43.4 Å². The fourth-order valence-electron chi connectivity index (χ4n) is 4.30. The Bertz CT molecular complexity index is 1340. The van der Waals surface area contributed by atoms with Gasteiger partial charge in [-0.3, -0.25) is 28.2 Å². The van der Waals surface area contributed by atoms with Crippen LogP contribution < -0.4 is 11.1 Å². The number of amides is 1. The lowest BCUT2D eigenvalue weighted by Crippen LogP contribution is -2.48. The van der Waals surface area contributed by atoms with Crippen LogP contribution in [-0.4, -0.2) is 82.5 Å². The minimum Gasteiger partial charge on any atom is -0.340 e. The topological polar surface area (TPSA) is 124 Å². The Morgan fingerprint density at radius 3 is 2.59 bits per heavy atom. The zero-order valence-corrected chi connectivity index (χ0v) is 20.5. The van der Waals surface area contributed by atoms with Crippen LogP contribution in [0, 0.1) is 0 Å². The molecule has 180 valence electrons. The quantitative estimate of drug-likeness (QED) is 0.397. The van der Waals surface area contributed by atoms with Gasteiger partial charge in [-0.1, -0.05) is 12.1 Å². The van der Waals surface area contributed by atoms with Crippen LogP contribution in [0.5, 0.6) is 0 Å². The lowest BCUT2D eigenvalue weighted by Gasteiger charge is -2.34. The number of carbonyl (C=O) groups excluding carboxylic acids is 1. The lowest BCUT2D eigenvalue weighted by atomic mass is 10.2. The van der Waals surface area contributed by atoms with Crippen LogP contribution >= 0.6 is 15.9 Å². The number of fused-ring (bicyclic) bond motifs is 1. The molecule has 3 aromatic heterocycles. The SMILES string of the molecule is CCN1CCN(C(=O)CCn2cc(Cn3c(=O)c(=O)n(C4CC4)c4nc(Br)cnc43)nn2)CC1. The van der Waals surface area contributed by atoms with Crippen molar-refractivity contribution in [1.82, 2.24) is 43.9 Å². The summed E-state index contributed by atoms with van der Waals surface area (Å²) < 4.78 is 4.83. The first-order chi connectivity index (χ1) is 16.4. The smallest absolute Gasteiger partial charge is 0.318 e. The Balaban J connectivity index is 1.31. The highest BCUT2D eigenvalue weighted by Gasteiger charge is 2.29. The van der Waals surface area contributed by atoms with E-state index in [0.717, 1.165) is 45.6 Å². The molecule has 5 rings (SSSR count). The maximum absolute atomic E-state index is 12.9. The molecule has 34 heavy (non-hydrogen) atoms. The van der Waals surface area contributed by atoms with Gasteiger partial charge in [0.1, 0.15) is 10.3 Å². The molecule has 0 spiro atoms. The molecule has 1 amide bonds. The monoisotopic (exact) mass is 531 g/mol. The molecular weight excluding hydrogens is 506 g/mol. The molecule has 0 bridgehead atoms. The van der Waals surface area contributed by atoms with E-state index in [4.69, 9.17) is 0 Å². The average molecular weight is 532 g/mol. The first-order valence-corrected chi connectivity index (χ1v) is 12.3. The van der Waals surface area contributed by atoms with E-state index in [0.29, 0.717) is 34.6 Å². The molecule has 4 heterocycles. The summed E-state index contributed by atoms with van der Waals surface area (Å²) in [5.41, 5.74) is -0.0606. The Kier molecular flexibility index (Phi) is 6.30. The van der Waals surface area contributed by atoms with Gasteiger partial charge < -0.3 is 9.80 Å². The summed E-state index contributed by atoms with van der Waals surface area (Å²) in [6, 6.07) is -0.00990. The number of aromatic nitrogens is 7. The van der Waals surface area contributed by atoms with E-state index >= 15 is 0 Å². The second kappa shape index (κ2) is 9.37. The zero-order chi connectivity index (χ0) is 23.8. The van der Waals surface area contributed by atoms with Crippen LogP contribution in [0.4, 0.5) is 0 Å². The maximum Gasteiger partial charge on any atom is 0.318 e. The maximum atomic E-state index is 12.9. The lowest BCUT2D eigenvalue weighted by molar-refractivity contribution is -0.133. The number of rotatable bonds is 7. The third kappa shape index (κ3) is 4.53. The second-order valence-corrected chi connectivity index (χ2v) is 9.49. The Morgan fingerprint density at radius 1 is 1.12 bits per heavy atom. The van der Waals surface area contributed by atoms with Crippen LogP contribution in [0.3, 0.4) is 0 Å². The van der Waals surface area contributed by atoms with Crippen LogP contribution in [0.25, 0.3) is 11.3 Å². The van der Waals surface area contributed by atoms with Gasteiger partial charge in [0.05, 0.1) is 25.5 Å². The molecule has 0 atom stereocenters. The molecule has 2 aliphatic rings. The summed E-state index contributed by atoms with van der Waals surface area (Å²) >= 11 is 3.30. The van der Waals surface area contributed by atoms with Crippen LogP contribution in [0.15, 0.2) is 26.6 Å². The van der Waals surface area contributed by atoms with Gasteiger partial charge in [-0.25, -0.2) is 9.97 Å². The van der Waals surface area contributed by atoms with E-state index in [1.807, 2.05) is 4.90 Å². The van der Waals surface area contributed by atoms with Crippen molar-refractivity contribution in [2.45, 2.75) is 45.3 Å². The number of halogens is 1. The number of hydrogen-bond acceptors (Lipinski definition) is 8. The number of carbonyl (C=O) groups is 1. The number of piperazine rings is 1. The molecule has 1 saturated heterocycles. The van der Waals surface area contributed by atoms with Crippen molar-refractivity contribution in [2.24, 2.45) is 0 Å².